The molecular weight excluding hydrogens is 367 g/mol. The second kappa shape index (κ2) is 8.88. The van der Waals surface area contributed by atoms with Crippen LogP contribution in [0.25, 0.3) is 0 Å². The predicted molar refractivity (Wildman–Crippen MR) is 94.8 cm³/mol. The lowest BCUT2D eigenvalue weighted by atomic mass is 9.82. The fourth-order valence-corrected chi connectivity index (χ4v) is 3.56. The summed E-state index contributed by atoms with van der Waals surface area (Å²) in [5.74, 6) is -1.28. The maximum absolute atomic E-state index is 12.6. The zero-order valence-electron chi connectivity index (χ0n) is 14.3. The molecule has 138 valence electrons. The van der Waals surface area contributed by atoms with Crippen LogP contribution in [0.4, 0.5) is 0 Å². The molecule has 0 N–H and O–H groups in total. The molecule has 0 saturated heterocycles. The smallest absolute Gasteiger partial charge is 0.350 e. The van der Waals surface area contributed by atoms with Crippen molar-refractivity contribution < 1.29 is 23.8 Å². The first-order chi connectivity index (χ1) is 11.9. The van der Waals surface area contributed by atoms with E-state index in [4.69, 9.17) is 37.4 Å². The number of alkyl halides is 1. The number of methoxy groups -OCH3 is 1. The van der Waals surface area contributed by atoms with Crippen molar-refractivity contribution in [3.05, 3.63) is 34.9 Å². The van der Waals surface area contributed by atoms with Gasteiger partial charge in [-0.15, -0.1) is 11.6 Å². The summed E-state index contributed by atoms with van der Waals surface area (Å²) in [6.07, 6.45) is 1.93. The van der Waals surface area contributed by atoms with E-state index in [-0.39, 0.29) is 19.1 Å². The summed E-state index contributed by atoms with van der Waals surface area (Å²) < 4.78 is 16.1. The van der Waals surface area contributed by atoms with E-state index in [1.807, 2.05) is 0 Å². The molecule has 0 amide bonds. The van der Waals surface area contributed by atoms with Gasteiger partial charge in [-0.05, 0) is 37.8 Å². The highest BCUT2D eigenvalue weighted by Gasteiger charge is 2.48. The number of benzene rings is 1. The molecule has 1 aromatic carbocycles. The topological polar surface area (TPSA) is 61.8 Å². The summed E-state index contributed by atoms with van der Waals surface area (Å²) in [5.41, 5.74) is -0.936. The van der Waals surface area contributed by atoms with Crippen molar-refractivity contribution in [3.63, 3.8) is 0 Å². The van der Waals surface area contributed by atoms with Gasteiger partial charge in [0.2, 0.25) is 5.60 Å². The molecule has 0 aliphatic heterocycles. The van der Waals surface area contributed by atoms with E-state index in [1.165, 1.54) is 0 Å². The van der Waals surface area contributed by atoms with Gasteiger partial charge in [0.1, 0.15) is 0 Å². The Hall–Kier alpha value is -1.30. The van der Waals surface area contributed by atoms with Crippen LogP contribution in [0, 0.1) is 0 Å². The van der Waals surface area contributed by atoms with Gasteiger partial charge in [-0.2, -0.15) is 0 Å². The minimum Gasteiger partial charge on any atom is -0.463 e. The molecule has 1 aliphatic carbocycles. The van der Waals surface area contributed by atoms with Gasteiger partial charge < -0.3 is 14.2 Å². The maximum atomic E-state index is 12.6. The minimum atomic E-state index is -1.37. The van der Waals surface area contributed by atoms with Crippen molar-refractivity contribution in [2.75, 3.05) is 13.7 Å². The standard InChI is InChI=1S/C18H22Cl2O5/c1-3-24-17(22)18(10-6-7-12(11-18)23-2)25-16(21)15(20)13-8-4-5-9-14(13)19/h4-5,8-9,12,15H,3,6-7,10-11H2,1-2H3. The summed E-state index contributed by atoms with van der Waals surface area (Å²) in [6, 6.07) is 6.76. The Kier molecular flexibility index (Phi) is 7.11. The highest BCUT2D eigenvalue weighted by Crippen LogP contribution is 2.37. The number of halogens is 2. The maximum Gasteiger partial charge on any atom is 0.350 e. The van der Waals surface area contributed by atoms with Crippen molar-refractivity contribution >= 4 is 35.1 Å². The lowest BCUT2D eigenvalue weighted by Gasteiger charge is -2.38. The Morgan fingerprint density at radius 3 is 2.72 bits per heavy atom. The van der Waals surface area contributed by atoms with Crippen LogP contribution >= 0.6 is 23.2 Å². The quantitative estimate of drug-likeness (QED) is 0.543. The van der Waals surface area contributed by atoms with Crippen molar-refractivity contribution in [1.29, 1.82) is 0 Å². The first-order valence-electron chi connectivity index (χ1n) is 8.25. The van der Waals surface area contributed by atoms with Gasteiger partial charge in [0.15, 0.2) is 5.38 Å². The molecule has 0 heterocycles. The van der Waals surface area contributed by atoms with E-state index >= 15 is 0 Å². The molecule has 7 heteroatoms. The molecule has 25 heavy (non-hydrogen) atoms. The molecule has 1 aliphatic rings. The van der Waals surface area contributed by atoms with Crippen LogP contribution in [0.15, 0.2) is 24.3 Å². The van der Waals surface area contributed by atoms with Crippen molar-refractivity contribution in [2.45, 2.75) is 49.7 Å². The van der Waals surface area contributed by atoms with Gasteiger partial charge in [0.25, 0.3) is 0 Å². The molecule has 0 aromatic heterocycles. The number of carbonyl (C=O) groups excluding carboxylic acids is 2. The van der Waals surface area contributed by atoms with Crippen molar-refractivity contribution in [2.24, 2.45) is 0 Å². The fraction of sp³-hybridized carbons (Fsp3) is 0.556. The molecule has 3 unspecified atom stereocenters. The summed E-state index contributed by atoms with van der Waals surface area (Å²) >= 11 is 12.3. The largest absolute Gasteiger partial charge is 0.463 e. The number of hydrogen-bond donors (Lipinski definition) is 0. The molecule has 1 saturated carbocycles. The third-order valence-electron chi connectivity index (χ3n) is 4.33. The average molecular weight is 389 g/mol. The van der Waals surface area contributed by atoms with Gasteiger partial charge >= 0.3 is 11.9 Å². The number of hydrogen-bond acceptors (Lipinski definition) is 5. The van der Waals surface area contributed by atoms with E-state index in [0.29, 0.717) is 23.4 Å². The normalized spacial score (nSPS) is 24.4. The molecule has 3 atom stereocenters. The number of ether oxygens (including phenoxy) is 3. The van der Waals surface area contributed by atoms with Gasteiger partial charge in [0, 0.05) is 18.6 Å². The third kappa shape index (κ3) is 4.66. The first-order valence-corrected chi connectivity index (χ1v) is 9.06. The van der Waals surface area contributed by atoms with E-state index in [0.717, 1.165) is 6.42 Å². The Labute approximate surface area is 157 Å². The van der Waals surface area contributed by atoms with Gasteiger partial charge in [-0.25, -0.2) is 4.79 Å². The number of esters is 2. The van der Waals surface area contributed by atoms with Gasteiger partial charge in [-0.1, -0.05) is 29.8 Å². The minimum absolute atomic E-state index is 0.181. The summed E-state index contributed by atoms with van der Waals surface area (Å²) in [6.45, 7) is 1.91. The van der Waals surface area contributed by atoms with Crippen LogP contribution in [0.3, 0.4) is 0 Å². The van der Waals surface area contributed by atoms with Crippen LogP contribution in [0.5, 0.6) is 0 Å². The van der Waals surface area contributed by atoms with E-state index in [1.54, 1.807) is 38.3 Å². The fourth-order valence-electron chi connectivity index (χ4n) is 3.02. The number of rotatable bonds is 6. The van der Waals surface area contributed by atoms with Crippen LogP contribution in [0.2, 0.25) is 5.02 Å². The van der Waals surface area contributed by atoms with Crippen molar-refractivity contribution in [3.8, 4) is 0 Å². The Bertz CT molecular complexity index is 621. The second-order valence-electron chi connectivity index (χ2n) is 5.97. The number of carbonyl (C=O) groups is 2. The molecule has 1 aromatic rings. The second-order valence-corrected chi connectivity index (χ2v) is 6.82. The highest BCUT2D eigenvalue weighted by atomic mass is 35.5. The molecule has 0 bridgehead atoms. The highest BCUT2D eigenvalue weighted by molar-refractivity contribution is 6.35. The van der Waals surface area contributed by atoms with Gasteiger partial charge in [-0.3, -0.25) is 4.79 Å². The van der Waals surface area contributed by atoms with E-state index in [2.05, 4.69) is 0 Å². The predicted octanol–water partition coefficient (Wildman–Crippen LogP) is 4.05. The summed E-state index contributed by atoms with van der Waals surface area (Å²) in [4.78, 5) is 25.1. The lowest BCUT2D eigenvalue weighted by Crippen LogP contribution is -2.50. The zero-order chi connectivity index (χ0) is 18.4. The third-order valence-corrected chi connectivity index (χ3v) is 5.08. The van der Waals surface area contributed by atoms with Gasteiger partial charge in [0.05, 0.1) is 12.7 Å². The molecular formula is C18H22Cl2O5. The van der Waals surface area contributed by atoms with E-state index in [9.17, 15) is 9.59 Å². The first kappa shape index (κ1) is 20.0. The van der Waals surface area contributed by atoms with E-state index < -0.39 is 22.9 Å². The molecule has 1 fully saturated rings. The molecule has 5 nitrogen and oxygen atoms in total. The Morgan fingerprint density at radius 2 is 2.08 bits per heavy atom. The molecule has 0 radical (unpaired) electrons. The lowest BCUT2D eigenvalue weighted by molar-refractivity contribution is -0.191. The average Bonchev–Trinajstić information content (AvgIpc) is 2.61. The molecule has 0 spiro atoms. The monoisotopic (exact) mass is 388 g/mol. The van der Waals surface area contributed by atoms with Crippen LogP contribution in [-0.2, 0) is 23.8 Å². The van der Waals surface area contributed by atoms with Crippen LogP contribution in [-0.4, -0.2) is 37.4 Å². The Morgan fingerprint density at radius 1 is 1.36 bits per heavy atom. The molecule has 2 rings (SSSR count). The zero-order valence-corrected chi connectivity index (χ0v) is 15.8. The van der Waals surface area contributed by atoms with Crippen LogP contribution < -0.4 is 0 Å². The summed E-state index contributed by atoms with van der Waals surface area (Å²) in [7, 11) is 1.57. The SMILES string of the molecule is CCOC(=O)C1(OC(=O)C(Cl)c2ccccc2Cl)CCCC(OC)C1. The summed E-state index contributed by atoms with van der Waals surface area (Å²) in [5, 5.41) is -0.744. The Balaban J connectivity index is 2.22. The van der Waals surface area contributed by atoms with Crippen molar-refractivity contribution in [1.82, 2.24) is 0 Å². The van der Waals surface area contributed by atoms with Crippen LogP contribution in [0.1, 0.15) is 43.5 Å².